The molecule has 4 heteroatoms. The summed E-state index contributed by atoms with van der Waals surface area (Å²) in [5.74, 6) is 0. The molecule has 1 aliphatic heterocycles. The Morgan fingerprint density at radius 2 is 2.54 bits per heavy atom. The van der Waals surface area contributed by atoms with Gasteiger partial charge < -0.3 is 10.1 Å². The van der Waals surface area contributed by atoms with Gasteiger partial charge in [0.15, 0.2) is 0 Å². The number of rotatable bonds is 3. The molecule has 0 saturated carbocycles. The first-order chi connectivity index (χ1) is 6.45. The van der Waals surface area contributed by atoms with Crippen LogP contribution in [0.1, 0.15) is 12.1 Å². The predicted octanol–water partition coefficient (Wildman–Crippen LogP) is 0.355. The molecule has 70 valence electrons. The van der Waals surface area contributed by atoms with Crippen molar-refractivity contribution in [2.75, 3.05) is 13.1 Å². The van der Waals surface area contributed by atoms with Crippen LogP contribution in [0, 0.1) is 0 Å². The van der Waals surface area contributed by atoms with Crippen LogP contribution in [0.5, 0.6) is 0 Å². The molecule has 4 nitrogen and oxygen atoms in total. The summed E-state index contributed by atoms with van der Waals surface area (Å²) in [5, 5.41) is 3.25. The molecule has 0 aromatic carbocycles. The molecule has 1 saturated heterocycles. The van der Waals surface area contributed by atoms with E-state index in [9.17, 15) is 0 Å². The molecule has 1 N–H and O–H groups in total. The summed E-state index contributed by atoms with van der Waals surface area (Å²) in [7, 11) is 0. The van der Waals surface area contributed by atoms with Crippen LogP contribution in [0.3, 0.4) is 0 Å². The largest absolute Gasteiger partial charge is 0.370 e. The Kier molecular flexibility index (Phi) is 2.84. The SMILES string of the molecule is c1cnc(CO[C@H]2CCNC2)cn1. The average molecular weight is 179 g/mol. The minimum Gasteiger partial charge on any atom is -0.370 e. The third-order valence-corrected chi connectivity index (χ3v) is 2.10. The Hall–Kier alpha value is -1.00. The summed E-state index contributed by atoms with van der Waals surface area (Å²) in [4.78, 5) is 8.10. The fourth-order valence-electron chi connectivity index (χ4n) is 1.38. The van der Waals surface area contributed by atoms with Gasteiger partial charge in [-0.2, -0.15) is 0 Å². The van der Waals surface area contributed by atoms with E-state index < -0.39 is 0 Å². The average Bonchev–Trinajstić information content (AvgIpc) is 2.69. The van der Waals surface area contributed by atoms with Crippen molar-refractivity contribution in [3.63, 3.8) is 0 Å². The second-order valence-electron chi connectivity index (χ2n) is 3.12. The number of aromatic nitrogens is 2. The van der Waals surface area contributed by atoms with E-state index in [0.717, 1.165) is 25.2 Å². The highest BCUT2D eigenvalue weighted by atomic mass is 16.5. The maximum atomic E-state index is 5.62. The second kappa shape index (κ2) is 4.30. The van der Waals surface area contributed by atoms with Gasteiger partial charge in [-0.15, -0.1) is 0 Å². The Bertz CT molecular complexity index is 246. The van der Waals surface area contributed by atoms with Crippen LogP contribution in [0.2, 0.25) is 0 Å². The van der Waals surface area contributed by atoms with Gasteiger partial charge in [0.05, 0.1) is 24.6 Å². The minimum absolute atomic E-state index is 0.349. The molecule has 0 aliphatic carbocycles. The molecule has 13 heavy (non-hydrogen) atoms. The van der Waals surface area contributed by atoms with Gasteiger partial charge in [-0.3, -0.25) is 9.97 Å². The molecule has 1 aromatic heterocycles. The van der Waals surface area contributed by atoms with E-state index in [1.165, 1.54) is 0 Å². The van der Waals surface area contributed by atoms with Crippen molar-refractivity contribution < 1.29 is 4.74 Å². The lowest BCUT2D eigenvalue weighted by atomic mass is 10.3. The van der Waals surface area contributed by atoms with Crippen LogP contribution in [-0.4, -0.2) is 29.2 Å². The fraction of sp³-hybridized carbons (Fsp3) is 0.556. The van der Waals surface area contributed by atoms with Gasteiger partial charge in [-0.25, -0.2) is 0 Å². The molecule has 1 aromatic rings. The van der Waals surface area contributed by atoms with Crippen LogP contribution in [-0.2, 0) is 11.3 Å². The highest BCUT2D eigenvalue weighted by Gasteiger charge is 2.14. The highest BCUT2D eigenvalue weighted by Crippen LogP contribution is 2.05. The summed E-state index contributed by atoms with van der Waals surface area (Å²) >= 11 is 0. The van der Waals surface area contributed by atoms with E-state index in [0.29, 0.717) is 12.7 Å². The first kappa shape index (κ1) is 8.59. The van der Waals surface area contributed by atoms with Crippen molar-refractivity contribution in [2.45, 2.75) is 19.1 Å². The first-order valence-electron chi connectivity index (χ1n) is 4.52. The minimum atomic E-state index is 0.349. The zero-order valence-corrected chi connectivity index (χ0v) is 7.44. The highest BCUT2D eigenvalue weighted by molar-refractivity contribution is 4.92. The molecular formula is C9H13N3O. The van der Waals surface area contributed by atoms with Crippen LogP contribution < -0.4 is 5.32 Å². The smallest absolute Gasteiger partial charge is 0.0907 e. The number of hydrogen-bond donors (Lipinski definition) is 1. The summed E-state index contributed by atoms with van der Waals surface area (Å²) in [5.41, 5.74) is 0.898. The zero-order chi connectivity index (χ0) is 8.93. The van der Waals surface area contributed by atoms with Crippen LogP contribution in [0.4, 0.5) is 0 Å². The Morgan fingerprint density at radius 1 is 1.54 bits per heavy atom. The number of ether oxygens (including phenoxy) is 1. The molecule has 0 amide bonds. The van der Waals surface area contributed by atoms with E-state index in [1.807, 2.05) is 0 Å². The van der Waals surface area contributed by atoms with Crippen molar-refractivity contribution in [3.8, 4) is 0 Å². The van der Waals surface area contributed by atoms with Gasteiger partial charge in [-0.05, 0) is 13.0 Å². The Labute approximate surface area is 77.4 Å². The van der Waals surface area contributed by atoms with E-state index >= 15 is 0 Å². The molecule has 1 fully saturated rings. The molecule has 0 unspecified atom stereocenters. The number of nitrogens with one attached hydrogen (secondary N) is 1. The normalized spacial score (nSPS) is 22.0. The van der Waals surface area contributed by atoms with Crippen molar-refractivity contribution in [1.82, 2.24) is 15.3 Å². The van der Waals surface area contributed by atoms with Crippen molar-refractivity contribution in [2.24, 2.45) is 0 Å². The third-order valence-electron chi connectivity index (χ3n) is 2.10. The lowest BCUT2D eigenvalue weighted by Crippen LogP contribution is -2.16. The third kappa shape index (κ3) is 2.47. The molecule has 1 atom stereocenters. The van der Waals surface area contributed by atoms with Crippen molar-refractivity contribution in [1.29, 1.82) is 0 Å². The van der Waals surface area contributed by atoms with E-state index in [2.05, 4.69) is 15.3 Å². The standard InChI is InChI=1S/C9H13N3O/c1-2-10-6-9(1)13-7-8-5-11-3-4-12-8/h3-5,9-10H,1-2,6-7H2/t9-/m0/s1. The lowest BCUT2D eigenvalue weighted by molar-refractivity contribution is 0.0520. The van der Waals surface area contributed by atoms with Gasteiger partial charge in [0.1, 0.15) is 0 Å². The van der Waals surface area contributed by atoms with Gasteiger partial charge >= 0.3 is 0 Å². The van der Waals surface area contributed by atoms with Crippen LogP contribution in [0.15, 0.2) is 18.6 Å². The van der Waals surface area contributed by atoms with Crippen LogP contribution in [0.25, 0.3) is 0 Å². The van der Waals surface area contributed by atoms with Crippen molar-refractivity contribution in [3.05, 3.63) is 24.3 Å². The van der Waals surface area contributed by atoms with Crippen LogP contribution >= 0.6 is 0 Å². The van der Waals surface area contributed by atoms with Gasteiger partial charge in [0.25, 0.3) is 0 Å². The summed E-state index contributed by atoms with van der Waals surface area (Å²) < 4.78 is 5.62. The molecule has 1 aliphatic rings. The lowest BCUT2D eigenvalue weighted by Gasteiger charge is -2.08. The number of nitrogens with zero attached hydrogens (tertiary/aromatic N) is 2. The molecule has 2 rings (SSSR count). The predicted molar refractivity (Wildman–Crippen MR) is 48.1 cm³/mol. The Morgan fingerprint density at radius 3 is 3.23 bits per heavy atom. The topological polar surface area (TPSA) is 47.0 Å². The quantitative estimate of drug-likeness (QED) is 0.727. The van der Waals surface area contributed by atoms with Gasteiger partial charge in [0, 0.05) is 18.9 Å². The fourth-order valence-corrected chi connectivity index (χ4v) is 1.38. The molecular weight excluding hydrogens is 166 g/mol. The molecule has 0 radical (unpaired) electrons. The van der Waals surface area contributed by atoms with Crippen molar-refractivity contribution >= 4 is 0 Å². The zero-order valence-electron chi connectivity index (χ0n) is 7.44. The summed E-state index contributed by atoms with van der Waals surface area (Å²) in [6.45, 7) is 2.59. The van der Waals surface area contributed by atoms with Gasteiger partial charge in [-0.1, -0.05) is 0 Å². The maximum absolute atomic E-state index is 5.62. The Balaban J connectivity index is 1.79. The summed E-state index contributed by atoms with van der Waals surface area (Å²) in [6.07, 6.45) is 6.54. The first-order valence-corrected chi connectivity index (χ1v) is 4.52. The monoisotopic (exact) mass is 179 g/mol. The van der Waals surface area contributed by atoms with Gasteiger partial charge in [0.2, 0.25) is 0 Å². The number of hydrogen-bond acceptors (Lipinski definition) is 4. The van der Waals surface area contributed by atoms with E-state index in [-0.39, 0.29) is 0 Å². The van der Waals surface area contributed by atoms with E-state index in [1.54, 1.807) is 18.6 Å². The maximum Gasteiger partial charge on any atom is 0.0907 e. The van der Waals surface area contributed by atoms with E-state index in [4.69, 9.17) is 4.74 Å². The molecule has 0 spiro atoms. The molecule has 2 heterocycles. The molecule has 0 bridgehead atoms. The summed E-state index contributed by atoms with van der Waals surface area (Å²) in [6, 6.07) is 0. The second-order valence-corrected chi connectivity index (χ2v) is 3.12.